The molecule has 2 rings (SSSR count). The molecule has 2 aromatic rings. The fraction of sp³-hybridized carbons (Fsp3) is 0.308. The summed E-state index contributed by atoms with van der Waals surface area (Å²) in [5.41, 5.74) is 4.53. The van der Waals surface area contributed by atoms with E-state index in [1.165, 1.54) is 10.9 Å². The summed E-state index contributed by atoms with van der Waals surface area (Å²) in [6, 6.07) is 8.39. The van der Waals surface area contributed by atoms with E-state index in [1.54, 1.807) is 0 Å². The number of aliphatic hydroxyl groups excluding tert-OH is 1. The third-order valence-corrected chi connectivity index (χ3v) is 2.59. The van der Waals surface area contributed by atoms with Crippen molar-refractivity contribution in [1.29, 1.82) is 0 Å². The van der Waals surface area contributed by atoms with Gasteiger partial charge < -0.3 is 10.4 Å². The third kappa shape index (κ3) is 2.14. The Morgan fingerprint density at radius 2 is 2.06 bits per heavy atom. The van der Waals surface area contributed by atoms with Gasteiger partial charge in [0.1, 0.15) is 0 Å². The van der Waals surface area contributed by atoms with Gasteiger partial charge in [0.15, 0.2) is 5.69 Å². The molecule has 1 aromatic carbocycles. The van der Waals surface area contributed by atoms with Gasteiger partial charge in [-0.1, -0.05) is 6.07 Å². The van der Waals surface area contributed by atoms with Crippen LogP contribution in [0.4, 0.5) is 5.69 Å². The van der Waals surface area contributed by atoms with Gasteiger partial charge >= 0.3 is 0 Å². The van der Waals surface area contributed by atoms with Crippen LogP contribution in [0.1, 0.15) is 11.3 Å². The number of anilines is 1. The van der Waals surface area contributed by atoms with Gasteiger partial charge in [-0.15, -0.1) is 0 Å². The molecule has 1 heterocycles. The van der Waals surface area contributed by atoms with E-state index in [9.17, 15) is 0 Å². The van der Waals surface area contributed by atoms with E-state index in [-0.39, 0.29) is 6.61 Å². The first kappa shape index (κ1) is 10.9. The number of hydrogen-bond acceptors (Lipinski definition) is 2. The highest BCUT2D eigenvalue weighted by Gasteiger charge is 2.08. The van der Waals surface area contributed by atoms with Crippen molar-refractivity contribution in [1.82, 2.24) is 0 Å². The lowest BCUT2D eigenvalue weighted by Crippen LogP contribution is -2.12. The Morgan fingerprint density at radius 1 is 1.25 bits per heavy atom. The number of nitrogens with one attached hydrogen (secondary N) is 2. The smallest absolute Gasteiger partial charge is 0.213 e. The normalized spacial score (nSPS) is 10.7. The lowest BCUT2D eigenvalue weighted by Gasteiger charge is -2.07. The van der Waals surface area contributed by atoms with Gasteiger partial charge in [-0.2, -0.15) is 0 Å². The van der Waals surface area contributed by atoms with Crippen LogP contribution >= 0.6 is 0 Å². The number of rotatable bonds is 3. The van der Waals surface area contributed by atoms with E-state index in [0.717, 1.165) is 16.9 Å². The summed E-state index contributed by atoms with van der Waals surface area (Å²) < 4.78 is 0. The third-order valence-electron chi connectivity index (χ3n) is 2.59. The highest BCUT2D eigenvalue weighted by Crippen LogP contribution is 2.21. The molecular formula is C13H17N2O+. The molecule has 0 atom stereocenters. The zero-order valence-electron chi connectivity index (χ0n) is 9.67. The van der Waals surface area contributed by atoms with Gasteiger partial charge in [0, 0.05) is 25.6 Å². The Bertz CT molecular complexity index is 509. The van der Waals surface area contributed by atoms with Crippen molar-refractivity contribution in [2.24, 2.45) is 0 Å². The maximum atomic E-state index is 8.85. The highest BCUT2D eigenvalue weighted by atomic mass is 16.3. The number of aryl methyl sites for hydroxylation is 2. The molecule has 0 radical (unpaired) electrons. The Balaban J connectivity index is 2.55. The SMILES string of the molecule is Cc1ccc2[nH+]c(C)cc(NCCO)c2c1. The van der Waals surface area contributed by atoms with Crippen molar-refractivity contribution in [3.8, 4) is 0 Å². The number of hydrogen-bond donors (Lipinski definition) is 2. The summed E-state index contributed by atoms with van der Waals surface area (Å²) in [5, 5.41) is 13.3. The summed E-state index contributed by atoms with van der Waals surface area (Å²) in [6.07, 6.45) is 0. The first-order valence-corrected chi connectivity index (χ1v) is 5.49. The summed E-state index contributed by atoms with van der Waals surface area (Å²) in [4.78, 5) is 3.33. The summed E-state index contributed by atoms with van der Waals surface area (Å²) >= 11 is 0. The second-order valence-corrected chi connectivity index (χ2v) is 4.07. The van der Waals surface area contributed by atoms with Crippen molar-refractivity contribution >= 4 is 16.6 Å². The van der Waals surface area contributed by atoms with E-state index in [4.69, 9.17) is 5.11 Å². The molecule has 0 aliphatic rings. The topological polar surface area (TPSA) is 46.4 Å². The van der Waals surface area contributed by atoms with Crippen LogP contribution in [0.5, 0.6) is 0 Å². The molecule has 0 saturated carbocycles. The van der Waals surface area contributed by atoms with Crippen molar-refractivity contribution in [3.63, 3.8) is 0 Å². The lowest BCUT2D eigenvalue weighted by atomic mass is 10.1. The number of H-pyrrole nitrogens is 1. The first-order chi connectivity index (χ1) is 7.70. The van der Waals surface area contributed by atoms with Crippen LogP contribution in [0.25, 0.3) is 10.9 Å². The number of aromatic amines is 1. The molecule has 0 amide bonds. The highest BCUT2D eigenvalue weighted by molar-refractivity contribution is 5.89. The van der Waals surface area contributed by atoms with Crippen LogP contribution in [0.15, 0.2) is 24.3 Å². The molecule has 0 aliphatic carbocycles. The molecular weight excluding hydrogens is 200 g/mol. The standard InChI is InChI=1S/C13H16N2O/c1-9-3-4-12-11(7-9)13(14-5-6-16)8-10(2)15-12/h3-4,7-8,16H,5-6H2,1-2H3,(H,14,15)/p+1. The summed E-state index contributed by atoms with van der Waals surface area (Å²) in [5.74, 6) is 0. The van der Waals surface area contributed by atoms with Gasteiger partial charge in [-0.25, -0.2) is 4.98 Å². The molecule has 84 valence electrons. The van der Waals surface area contributed by atoms with Crippen LogP contribution < -0.4 is 10.3 Å². The number of benzene rings is 1. The molecule has 3 heteroatoms. The zero-order chi connectivity index (χ0) is 11.5. The minimum absolute atomic E-state index is 0.144. The number of pyridine rings is 1. The molecule has 0 spiro atoms. The van der Waals surface area contributed by atoms with Gasteiger partial charge in [-0.05, 0) is 18.6 Å². The van der Waals surface area contributed by atoms with E-state index in [1.807, 2.05) is 6.92 Å². The molecule has 3 nitrogen and oxygen atoms in total. The summed E-state index contributed by atoms with van der Waals surface area (Å²) in [7, 11) is 0. The molecule has 0 unspecified atom stereocenters. The maximum Gasteiger partial charge on any atom is 0.213 e. The quantitative estimate of drug-likeness (QED) is 0.821. The molecule has 16 heavy (non-hydrogen) atoms. The van der Waals surface area contributed by atoms with Crippen molar-refractivity contribution in [2.75, 3.05) is 18.5 Å². The lowest BCUT2D eigenvalue weighted by molar-refractivity contribution is -0.354. The Labute approximate surface area is 95.1 Å². The van der Waals surface area contributed by atoms with Crippen molar-refractivity contribution in [2.45, 2.75) is 13.8 Å². The molecule has 0 fully saturated rings. The number of aromatic nitrogens is 1. The van der Waals surface area contributed by atoms with Crippen molar-refractivity contribution < 1.29 is 10.1 Å². The van der Waals surface area contributed by atoms with Crippen LogP contribution in [-0.2, 0) is 0 Å². The summed E-state index contributed by atoms with van der Waals surface area (Å²) in [6.45, 7) is 4.83. The molecule has 0 aliphatic heterocycles. The van der Waals surface area contributed by atoms with Gasteiger partial charge in [-0.3, -0.25) is 0 Å². The monoisotopic (exact) mass is 217 g/mol. The average molecular weight is 217 g/mol. The van der Waals surface area contributed by atoms with Crippen LogP contribution in [0, 0.1) is 13.8 Å². The molecule has 3 N–H and O–H groups in total. The average Bonchev–Trinajstić information content (AvgIpc) is 2.26. The molecule has 0 bridgehead atoms. The van der Waals surface area contributed by atoms with E-state index in [2.05, 4.69) is 41.5 Å². The van der Waals surface area contributed by atoms with E-state index in [0.29, 0.717) is 6.54 Å². The Kier molecular flexibility index (Phi) is 3.06. The van der Waals surface area contributed by atoms with Crippen LogP contribution in [0.2, 0.25) is 0 Å². The predicted molar refractivity (Wildman–Crippen MR) is 65.6 cm³/mol. The van der Waals surface area contributed by atoms with Crippen molar-refractivity contribution in [3.05, 3.63) is 35.5 Å². The number of fused-ring (bicyclic) bond motifs is 1. The predicted octanol–water partition coefficient (Wildman–Crippen LogP) is 1.67. The van der Waals surface area contributed by atoms with E-state index < -0.39 is 0 Å². The Hall–Kier alpha value is -1.61. The second-order valence-electron chi connectivity index (χ2n) is 4.07. The molecule has 1 aromatic heterocycles. The van der Waals surface area contributed by atoms with Crippen LogP contribution in [-0.4, -0.2) is 18.3 Å². The van der Waals surface area contributed by atoms with Gasteiger partial charge in [0.05, 0.1) is 17.7 Å². The fourth-order valence-corrected chi connectivity index (χ4v) is 1.87. The van der Waals surface area contributed by atoms with Gasteiger partial charge in [0.2, 0.25) is 5.52 Å². The largest absolute Gasteiger partial charge is 0.395 e. The second kappa shape index (κ2) is 4.49. The minimum Gasteiger partial charge on any atom is -0.395 e. The Morgan fingerprint density at radius 3 is 2.81 bits per heavy atom. The van der Waals surface area contributed by atoms with E-state index >= 15 is 0 Å². The maximum absolute atomic E-state index is 8.85. The fourth-order valence-electron chi connectivity index (χ4n) is 1.87. The minimum atomic E-state index is 0.144. The number of aliphatic hydroxyl groups is 1. The first-order valence-electron chi connectivity index (χ1n) is 5.49. The van der Waals surface area contributed by atoms with Gasteiger partial charge in [0.25, 0.3) is 0 Å². The molecule has 0 saturated heterocycles. The van der Waals surface area contributed by atoms with Crippen LogP contribution in [0.3, 0.4) is 0 Å². The zero-order valence-corrected chi connectivity index (χ0v) is 9.67.